The van der Waals surface area contributed by atoms with Gasteiger partial charge < -0.3 is 4.74 Å². The number of fused-ring (bicyclic) bond motifs is 2. The zero-order valence-electron chi connectivity index (χ0n) is 17.0. The Hall–Kier alpha value is -0.800. The highest BCUT2D eigenvalue weighted by Gasteiger charge is 2.38. The molecule has 0 fully saturated rings. The molecule has 0 bridgehead atoms. The summed E-state index contributed by atoms with van der Waals surface area (Å²) in [6.45, 7) is 18.1. The van der Waals surface area contributed by atoms with Gasteiger partial charge in [0.2, 0.25) is 0 Å². The minimum absolute atomic E-state index is 0.0851. The molecule has 1 aliphatic rings. The average molecular weight is 480 g/mol. The van der Waals surface area contributed by atoms with Crippen molar-refractivity contribution in [3.05, 3.63) is 55.5 Å². The number of hydrogen-bond donors (Lipinski definition) is 0. The zero-order valence-corrected chi connectivity index (χ0v) is 20.1. The predicted molar refractivity (Wildman–Crippen MR) is 118 cm³/mol. The zero-order chi connectivity index (χ0) is 19.7. The van der Waals surface area contributed by atoms with Crippen LogP contribution >= 0.6 is 31.9 Å². The quantitative estimate of drug-likeness (QED) is 0.369. The molecule has 0 spiro atoms. The van der Waals surface area contributed by atoms with Crippen LogP contribution in [0.4, 0.5) is 0 Å². The maximum absolute atomic E-state index is 6.42. The summed E-state index contributed by atoms with van der Waals surface area (Å²) >= 11 is 7.52. The molecule has 0 radical (unpaired) electrons. The Labute approximate surface area is 174 Å². The van der Waals surface area contributed by atoms with Crippen molar-refractivity contribution < 1.29 is 4.74 Å². The molecule has 1 nitrogen and oxygen atoms in total. The lowest BCUT2D eigenvalue weighted by Gasteiger charge is -2.38. The van der Waals surface area contributed by atoms with Crippen LogP contribution in [0, 0.1) is 0 Å². The maximum atomic E-state index is 6.42. The smallest absolute Gasteiger partial charge is 0.145 e. The van der Waals surface area contributed by atoms with Gasteiger partial charge in [0.05, 0.1) is 8.95 Å². The van der Waals surface area contributed by atoms with E-state index in [0.29, 0.717) is 0 Å². The predicted octanol–water partition coefficient (Wildman–Crippen LogP) is 8.24. The monoisotopic (exact) mass is 478 g/mol. The lowest BCUT2D eigenvalue weighted by Crippen LogP contribution is -2.27. The van der Waals surface area contributed by atoms with Gasteiger partial charge in [-0.2, -0.15) is 0 Å². The lowest BCUT2D eigenvalue weighted by atomic mass is 9.72. The van der Waals surface area contributed by atoms with E-state index in [-0.39, 0.29) is 16.2 Å². The van der Waals surface area contributed by atoms with Crippen molar-refractivity contribution in [1.82, 2.24) is 0 Å². The van der Waals surface area contributed by atoms with E-state index in [1.54, 1.807) is 0 Å². The van der Waals surface area contributed by atoms with E-state index in [1.165, 1.54) is 22.3 Å². The van der Waals surface area contributed by atoms with Crippen LogP contribution in [-0.2, 0) is 16.2 Å². The van der Waals surface area contributed by atoms with Gasteiger partial charge in [0, 0.05) is 16.5 Å². The highest BCUT2D eigenvalue weighted by atomic mass is 79.9. The number of ether oxygens (including phenoxy) is 1. The fraction of sp³-hybridized carbons (Fsp3) is 0.478. The molecule has 0 N–H and O–H groups in total. The molecular formula is C23H28Br2O. The summed E-state index contributed by atoms with van der Waals surface area (Å²) in [6.07, 6.45) is 0. The third-order valence-electron chi connectivity index (χ3n) is 5.37. The highest BCUT2D eigenvalue weighted by molar-refractivity contribution is 9.11. The standard InChI is InChI=1S/C23H28Br2O/c1-21(2,3)13-9-15-19(17(24)11-13)26-20-16(23(15,7)8)10-14(12-18(20)25)22(4,5)6/h9-12H,1-8H3. The van der Waals surface area contributed by atoms with Crippen molar-refractivity contribution in [3.8, 4) is 11.5 Å². The van der Waals surface area contributed by atoms with E-state index in [1.807, 2.05) is 0 Å². The molecule has 0 saturated carbocycles. The van der Waals surface area contributed by atoms with Crippen molar-refractivity contribution in [2.45, 2.75) is 71.6 Å². The van der Waals surface area contributed by atoms with Gasteiger partial charge in [-0.3, -0.25) is 0 Å². The van der Waals surface area contributed by atoms with Crippen LogP contribution in [0.25, 0.3) is 0 Å². The molecule has 3 rings (SSSR count). The molecule has 0 atom stereocenters. The van der Waals surface area contributed by atoms with E-state index >= 15 is 0 Å². The fourth-order valence-corrected chi connectivity index (χ4v) is 4.52. The Bertz CT molecular complexity index is 809. The Morgan fingerprint density at radius 1 is 0.692 bits per heavy atom. The van der Waals surface area contributed by atoms with E-state index < -0.39 is 0 Å². The first-order valence-corrected chi connectivity index (χ1v) is 10.7. The molecule has 0 saturated heterocycles. The van der Waals surface area contributed by atoms with Gasteiger partial charge in [0.15, 0.2) is 0 Å². The summed E-state index contributed by atoms with van der Waals surface area (Å²) in [5.41, 5.74) is 5.13. The Morgan fingerprint density at radius 3 is 1.35 bits per heavy atom. The van der Waals surface area contributed by atoms with Gasteiger partial charge in [-0.25, -0.2) is 0 Å². The second-order valence-corrected chi connectivity index (χ2v) is 11.6. The van der Waals surface area contributed by atoms with Crippen LogP contribution < -0.4 is 4.74 Å². The minimum atomic E-state index is -0.142. The van der Waals surface area contributed by atoms with E-state index in [9.17, 15) is 0 Å². The number of halogens is 2. The van der Waals surface area contributed by atoms with Crippen molar-refractivity contribution in [2.75, 3.05) is 0 Å². The van der Waals surface area contributed by atoms with Crippen molar-refractivity contribution in [3.63, 3.8) is 0 Å². The van der Waals surface area contributed by atoms with Gasteiger partial charge in [0.1, 0.15) is 11.5 Å². The lowest BCUT2D eigenvalue weighted by molar-refractivity contribution is 0.409. The van der Waals surface area contributed by atoms with Crippen LogP contribution in [0.2, 0.25) is 0 Å². The first-order valence-electron chi connectivity index (χ1n) is 9.10. The van der Waals surface area contributed by atoms with Gasteiger partial charge in [-0.1, -0.05) is 67.5 Å². The summed E-state index contributed by atoms with van der Waals surface area (Å²) in [5.74, 6) is 1.86. The molecule has 140 valence electrons. The molecule has 0 unspecified atom stereocenters. The molecule has 2 aromatic rings. The molecule has 1 heterocycles. The first-order chi connectivity index (χ1) is 11.7. The molecular weight excluding hydrogens is 452 g/mol. The van der Waals surface area contributed by atoms with Crippen molar-refractivity contribution in [2.24, 2.45) is 0 Å². The van der Waals surface area contributed by atoms with Crippen molar-refractivity contribution in [1.29, 1.82) is 0 Å². The van der Waals surface area contributed by atoms with Gasteiger partial charge in [-0.05, 0) is 65.9 Å². The summed E-state index contributed by atoms with van der Waals surface area (Å²) in [4.78, 5) is 0. The summed E-state index contributed by atoms with van der Waals surface area (Å²) in [7, 11) is 0. The molecule has 26 heavy (non-hydrogen) atoms. The first kappa shape index (κ1) is 19.9. The average Bonchev–Trinajstić information content (AvgIpc) is 2.47. The summed E-state index contributed by atoms with van der Waals surface area (Å²) in [6, 6.07) is 9.02. The molecule has 0 aliphatic carbocycles. The third-order valence-corrected chi connectivity index (χ3v) is 6.55. The van der Waals surface area contributed by atoms with Gasteiger partial charge in [-0.15, -0.1) is 0 Å². The van der Waals surface area contributed by atoms with Crippen LogP contribution in [0.3, 0.4) is 0 Å². The Morgan fingerprint density at radius 2 is 1.04 bits per heavy atom. The van der Waals surface area contributed by atoms with Crippen LogP contribution in [0.5, 0.6) is 11.5 Å². The molecule has 2 aromatic carbocycles. The Balaban J connectivity index is 2.29. The number of hydrogen-bond acceptors (Lipinski definition) is 1. The largest absolute Gasteiger partial charge is 0.454 e. The van der Waals surface area contributed by atoms with Crippen molar-refractivity contribution >= 4 is 31.9 Å². The second-order valence-electron chi connectivity index (χ2n) is 9.90. The van der Waals surface area contributed by atoms with Crippen LogP contribution in [0.1, 0.15) is 77.6 Å². The van der Waals surface area contributed by atoms with E-state index in [2.05, 4.69) is 112 Å². The molecule has 3 heteroatoms. The number of rotatable bonds is 0. The fourth-order valence-electron chi connectivity index (χ4n) is 3.44. The third kappa shape index (κ3) is 3.26. The van der Waals surface area contributed by atoms with Gasteiger partial charge >= 0.3 is 0 Å². The van der Waals surface area contributed by atoms with Gasteiger partial charge in [0.25, 0.3) is 0 Å². The summed E-state index contributed by atoms with van der Waals surface area (Å²) < 4.78 is 8.45. The van der Waals surface area contributed by atoms with Crippen LogP contribution in [0.15, 0.2) is 33.2 Å². The second kappa shape index (κ2) is 6.10. The highest BCUT2D eigenvalue weighted by Crippen LogP contribution is 2.54. The maximum Gasteiger partial charge on any atom is 0.145 e. The molecule has 0 amide bonds. The van der Waals surface area contributed by atoms with E-state index in [4.69, 9.17) is 4.74 Å². The SMILES string of the molecule is CC(C)(C)c1cc(Br)c2c(c1)C(C)(C)c1cc(C(C)(C)C)cc(Br)c1O2. The molecule has 1 aliphatic heterocycles. The van der Waals surface area contributed by atoms with Crippen LogP contribution in [-0.4, -0.2) is 0 Å². The minimum Gasteiger partial charge on any atom is -0.454 e. The Kier molecular flexibility index (Phi) is 4.68. The summed E-state index contributed by atoms with van der Waals surface area (Å²) in [5, 5.41) is 0. The van der Waals surface area contributed by atoms with E-state index in [0.717, 1.165) is 20.4 Å². The number of benzene rings is 2. The molecule has 0 aromatic heterocycles. The topological polar surface area (TPSA) is 9.23 Å². The normalized spacial score (nSPS) is 15.9.